The van der Waals surface area contributed by atoms with E-state index in [2.05, 4.69) is 31.2 Å². The van der Waals surface area contributed by atoms with Crippen molar-refractivity contribution in [2.45, 2.75) is 26.2 Å². The lowest BCUT2D eigenvalue weighted by atomic mass is 9.93. The van der Waals surface area contributed by atoms with Gasteiger partial charge in [-0.05, 0) is 54.0 Å². The van der Waals surface area contributed by atoms with E-state index in [0.29, 0.717) is 0 Å². The van der Waals surface area contributed by atoms with Crippen LogP contribution in [0.3, 0.4) is 0 Å². The molecule has 0 bridgehead atoms. The Hall–Kier alpha value is -1.67. The third-order valence-electron chi connectivity index (χ3n) is 3.65. The first-order chi connectivity index (χ1) is 9.71. The molecule has 0 aliphatic heterocycles. The van der Waals surface area contributed by atoms with Crippen molar-refractivity contribution < 1.29 is 9.50 Å². The van der Waals surface area contributed by atoms with Crippen molar-refractivity contribution in [1.29, 1.82) is 0 Å². The number of aryl methyl sites for hydroxylation is 1. The monoisotopic (exact) mass is 272 g/mol. The average molecular weight is 272 g/mol. The fourth-order valence-electron chi connectivity index (χ4n) is 2.40. The highest BCUT2D eigenvalue weighted by Crippen LogP contribution is 2.16. The molecule has 0 radical (unpaired) electrons. The Morgan fingerprint density at radius 1 is 0.850 bits per heavy atom. The number of aliphatic hydroxyl groups excluding tert-OH is 1. The minimum absolute atomic E-state index is 0.146. The minimum atomic E-state index is -0.218. The summed E-state index contributed by atoms with van der Waals surface area (Å²) in [6.07, 6.45) is 2.66. The van der Waals surface area contributed by atoms with Crippen LogP contribution in [0.5, 0.6) is 0 Å². The molecule has 1 N–H and O–H groups in total. The predicted octanol–water partition coefficient (Wildman–Crippen LogP) is 3.78. The van der Waals surface area contributed by atoms with E-state index in [-0.39, 0.29) is 18.3 Å². The maximum absolute atomic E-state index is 12.9. The third kappa shape index (κ3) is 4.17. The summed E-state index contributed by atoms with van der Waals surface area (Å²) in [5.74, 6) is -0.0441. The van der Waals surface area contributed by atoms with Gasteiger partial charge in [0.25, 0.3) is 0 Å². The molecule has 106 valence electrons. The average Bonchev–Trinajstić information content (AvgIpc) is 2.49. The Morgan fingerprint density at radius 3 is 1.75 bits per heavy atom. The molecule has 0 saturated heterocycles. The van der Waals surface area contributed by atoms with E-state index in [9.17, 15) is 9.50 Å². The second kappa shape index (κ2) is 7.20. The molecule has 2 rings (SSSR count). The van der Waals surface area contributed by atoms with Crippen LogP contribution in [0.4, 0.5) is 4.39 Å². The minimum Gasteiger partial charge on any atom is -0.396 e. The van der Waals surface area contributed by atoms with Crippen LogP contribution < -0.4 is 0 Å². The van der Waals surface area contributed by atoms with E-state index in [4.69, 9.17) is 0 Å². The molecule has 20 heavy (non-hydrogen) atoms. The maximum atomic E-state index is 12.9. The summed E-state index contributed by atoms with van der Waals surface area (Å²) in [5, 5.41) is 9.53. The highest BCUT2D eigenvalue weighted by Gasteiger charge is 2.10. The molecule has 1 nitrogen and oxygen atoms in total. The van der Waals surface area contributed by atoms with Gasteiger partial charge in [-0.1, -0.05) is 43.3 Å². The molecule has 0 aromatic heterocycles. The number of aliphatic hydroxyl groups is 1. The number of hydrogen-bond acceptors (Lipinski definition) is 1. The summed E-state index contributed by atoms with van der Waals surface area (Å²) in [7, 11) is 0. The van der Waals surface area contributed by atoms with Crippen molar-refractivity contribution in [1.82, 2.24) is 0 Å². The van der Waals surface area contributed by atoms with E-state index in [1.165, 1.54) is 23.3 Å². The van der Waals surface area contributed by atoms with Crippen molar-refractivity contribution in [3.63, 3.8) is 0 Å². The normalized spacial score (nSPS) is 12.3. The van der Waals surface area contributed by atoms with Gasteiger partial charge in [0.2, 0.25) is 0 Å². The van der Waals surface area contributed by atoms with Crippen molar-refractivity contribution in [2.75, 3.05) is 6.61 Å². The van der Waals surface area contributed by atoms with Gasteiger partial charge in [-0.15, -0.1) is 0 Å². The third-order valence-corrected chi connectivity index (χ3v) is 3.65. The van der Waals surface area contributed by atoms with Crippen LogP contribution in [0.1, 0.15) is 23.6 Å². The molecule has 1 atom stereocenters. The van der Waals surface area contributed by atoms with Crippen molar-refractivity contribution >= 4 is 0 Å². The van der Waals surface area contributed by atoms with E-state index in [1.54, 1.807) is 12.1 Å². The second-order valence-electron chi connectivity index (χ2n) is 5.25. The fraction of sp³-hybridized carbons (Fsp3) is 0.333. The summed E-state index contributed by atoms with van der Waals surface area (Å²) in [4.78, 5) is 0. The quantitative estimate of drug-likeness (QED) is 0.848. The second-order valence-corrected chi connectivity index (χ2v) is 5.25. The molecule has 0 spiro atoms. The summed E-state index contributed by atoms with van der Waals surface area (Å²) in [5.41, 5.74) is 3.63. The number of benzene rings is 2. The number of rotatable bonds is 6. The molecule has 0 aliphatic rings. The van der Waals surface area contributed by atoms with Gasteiger partial charge in [0.1, 0.15) is 5.82 Å². The van der Waals surface area contributed by atoms with Crippen LogP contribution in [0.25, 0.3) is 0 Å². The predicted molar refractivity (Wildman–Crippen MR) is 80.2 cm³/mol. The fourth-order valence-corrected chi connectivity index (χ4v) is 2.40. The highest BCUT2D eigenvalue weighted by atomic mass is 19.1. The van der Waals surface area contributed by atoms with Gasteiger partial charge in [0.05, 0.1) is 0 Å². The van der Waals surface area contributed by atoms with Gasteiger partial charge in [0, 0.05) is 6.61 Å². The summed E-state index contributed by atoms with van der Waals surface area (Å²) >= 11 is 0. The van der Waals surface area contributed by atoms with Crippen LogP contribution >= 0.6 is 0 Å². The molecule has 0 amide bonds. The molecule has 0 heterocycles. The van der Waals surface area contributed by atoms with E-state index in [0.717, 1.165) is 24.8 Å². The van der Waals surface area contributed by atoms with Crippen molar-refractivity contribution in [2.24, 2.45) is 5.92 Å². The SMILES string of the molecule is CCc1ccc(CC(CO)Cc2ccc(F)cc2)cc1. The van der Waals surface area contributed by atoms with Gasteiger partial charge in [-0.2, -0.15) is 0 Å². The summed E-state index contributed by atoms with van der Waals surface area (Å²) in [6.45, 7) is 2.28. The standard InChI is InChI=1S/C18H21FO/c1-2-14-3-5-15(6-4-14)11-17(13-20)12-16-7-9-18(19)10-8-16/h3-10,17,20H,2,11-13H2,1H3. The lowest BCUT2D eigenvalue weighted by Gasteiger charge is -2.14. The molecule has 2 aromatic carbocycles. The first kappa shape index (κ1) is 14.7. The molecular weight excluding hydrogens is 251 g/mol. The van der Waals surface area contributed by atoms with Crippen LogP contribution in [-0.2, 0) is 19.3 Å². The Morgan fingerprint density at radius 2 is 1.30 bits per heavy atom. The Balaban J connectivity index is 1.99. The van der Waals surface area contributed by atoms with Gasteiger partial charge in [-0.3, -0.25) is 0 Å². The molecule has 2 aromatic rings. The molecule has 1 unspecified atom stereocenters. The Bertz CT molecular complexity index is 516. The number of halogens is 1. The van der Waals surface area contributed by atoms with Crippen LogP contribution in [-0.4, -0.2) is 11.7 Å². The molecule has 0 aliphatic carbocycles. The largest absolute Gasteiger partial charge is 0.396 e. The van der Waals surface area contributed by atoms with Crippen LogP contribution in [0.15, 0.2) is 48.5 Å². The van der Waals surface area contributed by atoms with Crippen molar-refractivity contribution in [3.8, 4) is 0 Å². The summed E-state index contributed by atoms with van der Waals surface area (Å²) in [6, 6.07) is 15.1. The van der Waals surface area contributed by atoms with Gasteiger partial charge >= 0.3 is 0 Å². The molecule has 2 heteroatoms. The lowest BCUT2D eigenvalue weighted by molar-refractivity contribution is 0.225. The number of hydrogen-bond donors (Lipinski definition) is 1. The van der Waals surface area contributed by atoms with Crippen molar-refractivity contribution in [3.05, 3.63) is 71.0 Å². The summed E-state index contributed by atoms with van der Waals surface area (Å²) < 4.78 is 12.9. The first-order valence-corrected chi connectivity index (χ1v) is 7.14. The molecule has 0 saturated carbocycles. The maximum Gasteiger partial charge on any atom is 0.123 e. The smallest absolute Gasteiger partial charge is 0.123 e. The molecular formula is C18H21FO. The van der Waals surface area contributed by atoms with E-state index < -0.39 is 0 Å². The zero-order valence-electron chi connectivity index (χ0n) is 11.8. The highest BCUT2D eigenvalue weighted by molar-refractivity contribution is 5.23. The van der Waals surface area contributed by atoms with Crippen LogP contribution in [0, 0.1) is 11.7 Å². The van der Waals surface area contributed by atoms with Gasteiger partial charge in [0.15, 0.2) is 0 Å². The first-order valence-electron chi connectivity index (χ1n) is 7.14. The van der Waals surface area contributed by atoms with Crippen LogP contribution in [0.2, 0.25) is 0 Å². The topological polar surface area (TPSA) is 20.2 Å². The lowest BCUT2D eigenvalue weighted by Crippen LogP contribution is -2.13. The zero-order valence-corrected chi connectivity index (χ0v) is 11.8. The van der Waals surface area contributed by atoms with Gasteiger partial charge < -0.3 is 5.11 Å². The zero-order chi connectivity index (χ0) is 14.4. The van der Waals surface area contributed by atoms with E-state index in [1.807, 2.05) is 0 Å². The Kier molecular flexibility index (Phi) is 5.31. The van der Waals surface area contributed by atoms with E-state index >= 15 is 0 Å². The van der Waals surface area contributed by atoms with Gasteiger partial charge in [-0.25, -0.2) is 4.39 Å². The Labute approximate surface area is 120 Å². The molecule has 0 fully saturated rings.